The molecule has 0 fully saturated rings. The normalized spacial score (nSPS) is 11.0. The summed E-state index contributed by atoms with van der Waals surface area (Å²) in [7, 11) is 0. The summed E-state index contributed by atoms with van der Waals surface area (Å²) in [6.45, 7) is 2.55. The van der Waals surface area contributed by atoms with Crippen LogP contribution in [-0.4, -0.2) is 16.2 Å². The number of aromatic nitrogens is 2. The average Bonchev–Trinajstić information content (AvgIpc) is 2.86. The largest absolute Gasteiger partial charge is 0.494 e. The number of imidazole rings is 1. The summed E-state index contributed by atoms with van der Waals surface area (Å²) < 4.78 is 20.8. The third kappa shape index (κ3) is 2.59. The number of benzene rings is 2. The summed E-state index contributed by atoms with van der Waals surface area (Å²) in [5, 5.41) is 0. The van der Waals surface area contributed by atoms with Gasteiger partial charge in [0.05, 0.1) is 23.5 Å². The van der Waals surface area contributed by atoms with Crippen molar-refractivity contribution in [3.05, 3.63) is 54.1 Å². The van der Waals surface area contributed by atoms with Crippen molar-refractivity contribution >= 4 is 22.6 Å². The van der Waals surface area contributed by atoms with Crippen LogP contribution < -0.4 is 4.74 Å². The SMILES string of the molecule is CCOc1ccc(-n2c(CCl)nc3ccc(F)cc32)cc1. The Balaban J connectivity index is 2.15. The molecule has 1 heterocycles. The van der Waals surface area contributed by atoms with E-state index in [0.717, 1.165) is 17.0 Å². The molecule has 0 atom stereocenters. The maximum absolute atomic E-state index is 13.5. The quantitative estimate of drug-likeness (QED) is 0.672. The van der Waals surface area contributed by atoms with Gasteiger partial charge < -0.3 is 4.74 Å². The molecule has 0 aliphatic heterocycles. The minimum Gasteiger partial charge on any atom is -0.494 e. The summed E-state index contributed by atoms with van der Waals surface area (Å²) in [4.78, 5) is 4.44. The van der Waals surface area contributed by atoms with Crippen LogP contribution >= 0.6 is 11.6 Å². The van der Waals surface area contributed by atoms with Gasteiger partial charge in [0.2, 0.25) is 0 Å². The van der Waals surface area contributed by atoms with Crippen molar-refractivity contribution in [2.24, 2.45) is 0 Å². The second-order valence-electron chi connectivity index (χ2n) is 4.56. The van der Waals surface area contributed by atoms with E-state index >= 15 is 0 Å². The number of nitrogens with zero attached hydrogens (tertiary/aromatic N) is 2. The van der Waals surface area contributed by atoms with Crippen molar-refractivity contribution in [1.29, 1.82) is 0 Å². The maximum Gasteiger partial charge on any atom is 0.129 e. The van der Waals surface area contributed by atoms with Crippen LogP contribution in [0.4, 0.5) is 4.39 Å². The summed E-state index contributed by atoms with van der Waals surface area (Å²) in [6.07, 6.45) is 0. The van der Waals surface area contributed by atoms with Crippen LogP contribution in [-0.2, 0) is 5.88 Å². The van der Waals surface area contributed by atoms with Gasteiger partial charge in [0.1, 0.15) is 17.4 Å². The van der Waals surface area contributed by atoms with Gasteiger partial charge in [-0.2, -0.15) is 0 Å². The van der Waals surface area contributed by atoms with Gasteiger partial charge in [0.15, 0.2) is 0 Å². The van der Waals surface area contributed by atoms with Crippen LogP contribution in [0.1, 0.15) is 12.7 Å². The minimum atomic E-state index is -0.296. The average molecular weight is 305 g/mol. The second-order valence-corrected chi connectivity index (χ2v) is 4.82. The Morgan fingerprint density at radius 2 is 1.95 bits per heavy atom. The molecule has 0 radical (unpaired) electrons. The van der Waals surface area contributed by atoms with Crippen LogP contribution in [0.3, 0.4) is 0 Å². The van der Waals surface area contributed by atoms with Crippen molar-refractivity contribution in [2.45, 2.75) is 12.8 Å². The third-order valence-electron chi connectivity index (χ3n) is 3.21. The molecule has 0 amide bonds. The smallest absolute Gasteiger partial charge is 0.129 e. The maximum atomic E-state index is 13.5. The van der Waals surface area contributed by atoms with Gasteiger partial charge in [-0.25, -0.2) is 9.37 Å². The van der Waals surface area contributed by atoms with E-state index in [4.69, 9.17) is 16.3 Å². The fraction of sp³-hybridized carbons (Fsp3) is 0.188. The first-order valence-electron chi connectivity index (χ1n) is 6.69. The van der Waals surface area contributed by atoms with E-state index in [0.29, 0.717) is 17.9 Å². The molecule has 0 bridgehead atoms. The topological polar surface area (TPSA) is 27.1 Å². The highest BCUT2D eigenvalue weighted by Gasteiger charge is 2.12. The Morgan fingerprint density at radius 3 is 2.62 bits per heavy atom. The summed E-state index contributed by atoms with van der Waals surface area (Å²) in [5.74, 6) is 1.44. The Bertz CT molecular complexity index is 768. The van der Waals surface area contributed by atoms with Crippen molar-refractivity contribution in [3.8, 4) is 11.4 Å². The molecule has 0 unspecified atom stereocenters. The fourth-order valence-electron chi connectivity index (χ4n) is 2.33. The number of hydrogen-bond acceptors (Lipinski definition) is 2. The first-order chi connectivity index (χ1) is 10.2. The van der Waals surface area contributed by atoms with Crippen molar-refractivity contribution in [3.63, 3.8) is 0 Å². The predicted molar refractivity (Wildman–Crippen MR) is 81.8 cm³/mol. The molecule has 2 aromatic carbocycles. The zero-order valence-electron chi connectivity index (χ0n) is 11.5. The van der Waals surface area contributed by atoms with E-state index in [1.54, 1.807) is 6.07 Å². The van der Waals surface area contributed by atoms with E-state index in [2.05, 4.69) is 4.98 Å². The van der Waals surface area contributed by atoms with Crippen LogP contribution in [0.25, 0.3) is 16.7 Å². The Morgan fingerprint density at radius 1 is 1.19 bits per heavy atom. The Labute approximate surface area is 126 Å². The molecule has 0 spiro atoms. The molecular formula is C16H14ClFN2O. The van der Waals surface area contributed by atoms with Crippen molar-refractivity contribution < 1.29 is 9.13 Å². The molecular weight excluding hydrogens is 291 g/mol. The Kier molecular flexibility index (Phi) is 3.80. The van der Waals surface area contributed by atoms with Gasteiger partial charge in [-0.1, -0.05) is 0 Å². The van der Waals surface area contributed by atoms with E-state index in [1.807, 2.05) is 35.8 Å². The first-order valence-corrected chi connectivity index (χ1v) is 7.22. The number of hydrogen-bond donors (Lipinski definition) is 0. The van der Waals surface area contributed by atoms with E-state index in [1.165, 1.54) is 12.1 Å². The van der Waals surface area contributed by atoms with Crippen LogP contribution in [0.2, 0.25) is 0 Å². The molecule has 0 aliphatic rings. The lowest BCUT2D eigenvalue weighted by molar-refractivity contribution is 0.340. The lowest BCUT2D eigenvalue weighted by atomic mass is 10.2. The number of fused-ring (bicyclic) bond motifs is 1. The summed E-state index contributed by atoms with van der Waals surface area (Å²) in [5.41, 5.74) is 2.30. The molecule has 108 valence electrons. The highest BCUT2D eigenvalue weighted by molar-refractivity contribution is 6.17. The molecule has 5 heteroatoms. The Hall–Kier alpha value is -2.07. The van der Waals surface area contributed by atoms with Crippen molar-refractivity contribution in [1.82, 2.24) is 9.55 Å². The molecule has 3 aromatic rings. The van der Waals surface area contributed by atoms with Crippen LogP contribution in [0.5, 0.6) is 5.75 Å². The van der Waals surface area contributed by atoms with Gasteiger partial charge in [0.25, 0.3) is 0 Å². The number of ether oxygens (including phenoxy) is 1. The number of halogens is 2. The third-order valence-corrected chi connectivity index (χ3v) is 3.45. The highest BCUT2D eigenvalue weighted by Crippen LogP contribution is 2.25. The molecule has 0 saturated carbocycles. The summed E-state index contributed by atoms with van der Waals surface area (Å²) in [6, 6.07) is 12.1. The van der Waals surface area contributed by atoms with E-state index < -0.39 is 0 Å². The van der Waals surface area contributed by atoms with Crippen LogP contribution in [0.15, 0.2) is 42.5 Å². The predicted octanol–water partition coefficient (Wildman–Crippen LogP) is 4.30. The highest BCUT2D eigenvalue weighted by atomic mass is 35.5. The van der Waals surface area contributed by atoms with Gasteiger partial charge in [-0.3, -0.25) is 4.57 Å². The van der Waals surface area contributed by atoms with Gasteiger partial charge in [-0.15, -0.1) is 11.6 Å². The summed E-state index contributed by atoms with van der Waals surface area (Å²) >= 11 is 5.97. The van der Waals surface area contributed by atoms with Crippen molar-refractivity contribution in [2.75, 3.05) is 6.61 Å². The molecule has 0 saturated heterocycles. The van der Waals surface area contributed by atoms with E-state index in [-0.39, 0.29) is 11.7 Å². The van der Waals surface area contributed by atoms with E-state index in [9.17, 15) is 4.39 Å². The fourth-order valence-corrected chi connectivity index (χ4v) is 2.51. The zero-order chi connectivity index (χ0) is 14.8. The monoisotopic (exact) mass is 304 g/mol. The minimum absolute atomic E-state index is 0.253. The molecule has 0 N–H and O–H groups in total. The zero-order valence-corrected chi connectivity index (χ0v) is 12.3. The van der Waals surface area contributed by atoms with Gasteiger partial charge in [0, 0.05) is 11.8 Å². The van der Waals surface area contributed by atoms with Crippen LogP contribution in [0, 0.1) is 5.82 Å². The lowest BCUT2D eigenvalue weighted by Crippen LogP contribution is -2.00. The standard InChI is InChI=1S/C16H14ClFN2O/c1-2-21-13-6-4-12(5-7-13)20-15-9-11(18)3-8-14(15)19-16(20)10-17/h3-9H,2,10H2,1H3. The van der Waals surface area contributed by atoms with Gasteiger partial charge >= 0.3 is 0 Å². The molecule has 1 aromatic heterocycles. The number of alkyl halides is 1. The lowest BCUT2D eigenvalue weighted by Gasteiger charge is -2.09. The molecule has 21 heavy (non-hydrogen) atoms. The first kappa shape index (κ1) is 13.9. The molecule has 3 nitrogen and oxygen atoms in total. The van der Waals surface area contributed by atoms with Gasteiger partial charge in [-0.05, 0) is 43.3 Å². The second kappa shape index (κ2) is 5.74. The number of rotatable bonds is 4. The molecule has 0 aliphatic carbocycles. The molecule has 3 rings (SSSR count).